The van der Waals surface area contributed by atoms with Gasteiger partial charge in [0.25, 0.3) is 0 Å². The zero-order valence-electron chi connectivity index (χ0n) is 14.8. The van der Waals surface area contributed by atoms with E-state index in [4.69, 9.17) is 0 Å². The standard InChI is InChI=1S/C21H24N2O/c1-14-9-5-6-10-17(14)13-23(4)16(3)21(24)20-15(2)22-19-12-8-7-11-18(19)20/h5-12,16,22H,13H2,1-4H3/t16-/m1/s1. The predicted molar refractivity (Wildman–Crippen MR) is 99.5 cm³/mol. The third kappa shape index (κ3) is 3.00. The van der Waals surface area contributed by atoms with Crippen LogP contribution < -0.4 is 0 Å². The molecule has 3 heteroatoms. The number of carbonyl (C=O) groups excluding carboxylic acids is 1. The van der Waals surface area contributed by atoms with Crippen LogP contribution in [0.1, 0.15) is 34.1 Å². The van der Waals surface area contributed by atoms with Crippen LogP contribution in [0.15, 0.2) is 48.5 Å². The molecule has 1 atom stereocenters. The highest BCUT2D eigenvalue weighted by Crippen LogP contribution is 2.24. The fourth-order valence-corrected chi connectivity index (χ4v) is 3.20. The molecule has 0 aliphatic heterocycles. The van der Waals surface area contributed by atoms with E-state index >= 15 is 0 Å². The number of aryl methyl sites for hydroxylation is 2. The average Bonchev–Trinajstić information content (AvgIpc) is 2.91. The first-order valence-corrected chi connectivity index (χ1v) is 8.35. The number of likely N-dealkylation sites (N-methyl/N-ethyl adjacent to an activating group) is 1. The van der Waals surface area contributed by atoms with Gasteiger partial charge in [-0.05, 0) is 45.0 Å². The van der Waals surface area contributed by atoms with Gasteiger partial charge < -0.3 is 4.98 Å². The van der Waals surface area contributed by atoms with Crippen LogP contribution in [0.5, 0.6) is 0 Å². The van der Waals surface area contributed by atoms with E-state index in [-0.39, 0.29) is 11.8 Å². The van der Waals surface area contributed by atoms with Crippen LogP contribution >= 0.6 is 0 Å². The fourth-order valence-electron chi connectivity index (χ4n) is 3.20. The molecule has 0 fully saturated rings. The first-order valence-electron chi connectivity index (χ1n) is 8.35. The Hall–Kier alpha value is -2.39. The number of H-pyrrole nitrogens is 1. The Bertz CT molecular complexity index is 878. The molecule has 0 amide bonds. The molecular weight excluding hydrogens is 296 g/mol. The zero-order chi connectivity index (χ0) is 17.3. The molecule has 124 valence electrons. The monoisotopic (exact) mass is 320 g/mol. The van der Waals surface area contributed by atoms with Gasteiger partial charge in [-0.2, -0.15) is 0 Å². The van der Waals surface area contributed by atoms with Crippen molar-refractivity contribution in [2.45, 2.75) is 33.4 Å². The molecule has 1 heterocycles. The summed E-state index contributed by atoms with van der Waals surface area (Å²) >= 11 is 0. The lowest BCUT2D eigenvalue weighted by Crippen LogP contribution is -2.36. The molecule has 2 aromatic carbocycles. The summed E-state index contributed by atoms with van der Waals surface area (Å²) in [6.45, 7) is 6.84. The molecule has 0 saturated carbocycles. The van der Waals surface area contributed by atoms with E-state index in [1.807, 2.05) is 57.3 Å². The van der Waals surface area contributed by atoms with Crippen LogP contribution in [0.4, 0.5) is 0 Å². The summed E-state index contributed by atoms with van der Waals surface area (Å²) < 4.78 is 0. The minimum atomic E-state index is -0.178. The van der Waals surface area contributed by atoms with E-state index in [1.54, 1.807) is 0 Å². The lowest BCUT2D eigenvalue weighted by atomic mass is 10.0. The topological polar surface area (TPSA) is 36.1 Å². The van der Waals surface area contributed by atoms with Gasteiger partial charge in [-0.1, -0.05) is 42.5 Å². The van der Waals surface area contributed by atoms with Crippen molar-refractivity contribution in [3.05, 3.63) is 70.9 Å². The number of aromatic nitrogens is 1. The summed E-state index contributed by atoms with van der Waals surface area (Å²) in [5.74, 6) is 0.168. The van der Waals surface area contributed by atoms with Gasteiger partial charge in [-0.15, -0.1) is 0 Å². The SMILES string of the molecule is Cc1ccccc1CN(C)[C@H](C)C(=O)c1c(C)[nH]c2ccccc12. The number of Topliss-reactive ketones (excluding diaryl/α,β-unsaturated/α-hetero) is 1. The Morgan fingerprint density at radius 1 is 1.08 bits per heavy atom. The summed E-state index contributed by atoms with van der Waals surface area (Å²) in [7, 11) is 2.01. The van der Waals surface area contributed by atoms with Gasteiger partial charge in [0, 0.05) is 28.7 Å². The molecule has 0 bridgehead atoms. The van der Waals surface area contributed by atoms with Crippen molar-refractivity contribution in [1.82, 2.24) is 9.88 Å². The number of benzene rings is 2. The Labute approximate surface area is 143 Å². The number of hydrogen-bond donors (Lipinski definition) is 1. The second kappa shape index (κ2) is 6.62. The number of carbonyl (C=O) groups is 1. The van der Waals surface area contributed by atoms with Gasteiger partial charge in [-0.25, -0.2) is 0 Å². The first kappa shape index (κ1) is 16.5. The molecule has 0 saturated heterocycles. The summed E-state index contributed by atoms with van der Waals surface area (Å²) in [4.78, 5) is 18.5. The molecular formula is C21H24N2O. The molecule has 3 nitrogen and oxygen atoms in total. The molecule has 1 N–H and O–H groups in total. The lowest BCUT2D eigenvalue weighted by molar-refractivity contribution is 0.0863. The van der Waals surface area contributed by atoms with Crippen molar-refractivity contribution in [2.24, 2.45) is 0 Å². The van der Waals surface area contributed by atoms with Crippen molar-refractivity contribution < 1.29 is 4.79 Å². The van der Waals surface area contributed by atoms with Crippen LogP contribution in [-0.4, -0.2) is 28.8 Å². The maximum Gasteiger partial charge on any atom is 0.182 e. The Kier molecular flexibility index (Phi) is 4.54. The van der Waals surface area contributed by atoms with Crippen molar-refractivity contribution in [2.75, 3.05) is 7.05 Å². The van der Waals surface area contributed by atoms with E-state index in [1.165, 1.54) is 11.1 Å². The number of aromatic amines is 1. The highest BCUT2D eigenvalue weighted by atomic mass is 16.1. The summed E-state index contributed by atoms with van der Waals surface area (Å²) in [6.07, 6.45) is 0. The predicted octanol–water partition coefficient (Wildman–Crippen LogP) is 4.49. The minimum absolute atomic E-state index is 0.168. The molecule has 0 unspecified atom stereocenters. The summed E-state index contributed by atoms with van der Waals surface area (Å²) in [5, 5.41) is 1.01. The van der Waals surface area contributed by atoms with Gasteiger partial charge in [0.15, 0.2) is 5.78 Å². The van der Waals surface area contributed by atoms with Crippen LogP contribution in [0, 0.1) is 13.8 Å². The second-order valence-corrected chi connectivity index (χ2v) is 6.55. The highest BCUT2D eigenvalue weighted by molar-refractivity contribution is 6.11. The normalized spacial score (nSPS) is 12.7. The molecule has 0 spiro atoms. The van der Waals surface area contributed by atoms with Crippen molar-refractivity contribution >= 4 is 16.7 Å². The quantitative estimate of drug-likeness (QED) is 0.703. The van der Waals surface area contributed by atoms with Crippen molar-refractivity contribution in [3.8, 4) is 0 Å². The summed E-state index contributed by atoms with van der Waals surface area (Å²) in [6, 6.07) is 16.1. The number of ketones is 1. The largest absolute Gasteiger partial charge is 0.358 e. The smallest absolute Gasteiger partial charge is 0.182 e. The van der Waals surface area contributed by atoms with Crippen LogP contribution in [0.25, 0.3) is 10.9 Å². The third-order valence-corrected chi connectivity index (χ3v) is 4.86. The number of rotatable bonds is 5. The Morgan fingerprint density at radius 3 is 2.50 bits per heavy atom. The summed E-state index contributed by atoms with van der Waals surface area (Å²) in [5.41, 5.74) is 5.29. The molecule has 0 aliphatic carbocycles. The van der Waals surface area contributed by atoms with E-state index in [9.17, 15) is 4.79 Å². The minimum Gasteiger partial charge on any atom is -0.358 e. The maximum atomic E-state index is 13.1. The number of para-hydroxylation sites is 1. The van der Waals surface area contributed by atoms with Gasteiger partial charge in [0.05, 0.1) is 6.04 Å². The molecule has 3 rings (SSSR count). The van der Waals surface area contributed by atoms with Crippen LogP contribution in [-0.2, 0) is 6.54 Å². The van der Waals surface area contributed by atoms with E-state index in [0.717, 1.165) is 28.7 Å². The molecule has 24 heavy (non-hydrogen) atoms. The Morgan fingerprint density at radius 2 is 1.75 bits per heavy atom. The van der Waals surface area contributed by atoms with Gasteiger partial charge in [-0.3, -0.25) is 9.69 Å². The molecule has 1 aromatic heterocycles. The van der Waals surface area contributed by atoms with Gasteiger partial charge in [0.2, 0.25) is 0 Å². The van der Waals surface area contributed by atoms with Crippen LogP contribution in [0.3, 0.4) is 0 Å². The van der Waals surface area contributed by atoms with E-state index in [2.05, 4.69) is 28.9 Å². The number of nitrogens with zero attached hydrogens (tertiary/aromatic N) is 1. The van der Waals surface area contributed by atoms with Crippen LogP contribution in [0.2, 0.25) is 0 Å². The van der Waals surface area contributed by atoms with Crippen molar-refractivity contribution in [3.63, 3.8) is 0 Å². The maximum absolute atomic E-state index is 13.1. The lowest BCUT2D eigenvalue weighted by Gasteiger charge is -2.24. The fraction of sp³-hybridized carbons (Fsp3) is 0.286. The first-order chi connectivity index (χ1) is 11.5. The Balaban J connectivity index is 1.86. The van der Waals surface area contributed by atoms with E-state index < -0.39 is 0 Å². The zero-order valence-corrected chi connectivity index (χ0v) is 14.8. The number of hydrogen-bond acceptors (Lipinski definition) is 2. The second-order valence-electron chi connectivity index (χ2n) is 6.55. The molecule has 3 aromatic rings. The third-order valence-electron chi connectivity index (χ3n) is 4.86. The number of fused-ring (bicyclic) bond motifs is 1. The van der Waals surface area contributed by atoms with Crippen molar-refractivity contribution in [1.29, 1.82) is 0 Å². The number of nitrogens with one attached hydrogen (secondary N) is 1. The highest BCUT2D eigenvalue weighted by Gasteiger charge is 2.24. The van der Waals surface area contributed by atoms with Gasteiger partial charge in [0.1, 0.15) is 0 Å². The molecule has 0 aliphatic rings. The van der Waals surface area contributed by atoms with Gasteiger partial charge >= 0.3 is 0 Å². The van der Waals surface area contributed by atoms with E-state index in [0.29, 0.717) is 0 Å². The average molecular weight is 320 g/mol. The molecule has 0 radical (unpaired) electrons.